The Labute approximate surface area is 148 Å². The summed E-state index contributed by atoms with van der Waals surface area (Å²) in [6, 6.07) is 4.64. The molecule has 0 saturated carbocycles. The Bertz CT molecular complexity index is 584. The fraction of sp³-hybridized carbons (Fsp3) is 0.529. The fourth-order valence-corrected chi connectivity index (χ4v) is 2.24. The number of halogens is 1. The summed E-state index contributed by atoms with van der Waals surface area (Å²) in [7, 11) is 0. The predicted molar refractivity (Wildman–Crippen MR) is 98.8 cm³/mol. The van der Waals surface area contributed by atoms with Crippen molar-refractivity contribution in [3.05, 3.63) is 28.8 Å². The molecule has 0 spiro atoms. The molecule has 6 nitrogen and oxygen atoms in total. The first kappa shape index (κ1) is 20.3. The SMILES string of the molecule is CCN[C@H](C)CNC(=O)c1cc(NC(=O)NC(C)(C)C)ccc1Cl. The average molecular weight is 355 g/mol. The van der Waals surface area contributed by atoms with Gasteiger partial charge in [0.25, 0.3) is 5.91 Å². The van der Waals surface area contributed by atoms with E-state index in [9.17, 15) is 9.59 Å². The summed E-state index contributed by atoms with van der Waals surface area (Å²) in [5, 5.41) is 11.9. The van der Waals surface area contributed by atoms with Crippen LogP contribution in [0.5, 0.6) is 0 Å². The largest absolute Gasteiger partial charge is 0.350 e. The van der Waals surface area contributed by atoms with Crippen LogP contribution in [0.2, 0.25) is 5.02 Å². The minimum Gasteiger partial charge on any atom is -0.350 e. The summed E-state index contributed by atoms with van der Waals surface area (Å²) in [6.45, 7) is 11.0. The lowest BCUT2D eigenvalue weighted by Crippen LogP contribution is -2.43. The van der Waals surface area contributed by atoms with Crippen LogP contribution in [0.4, 0.5) is 10.5 Å². The third kappa shape index (κ3) is 7.19. The molecule has 1 aromatic carbocycles. The third-order valence-electron chi connectivity index (χ3n) is 3.08. The highest BCUT2D eigenvalue weighted by Crippen LogP contribution is 2.20. The van der Waals surface area contributed by atoms with Crippen molar-refractivity contribution in [1.29, 1.82) is 0 Å². The molecule has 0 fully saturated rings. The second-order valence-corrected chi connectivity index (χ2v) is 7.10. The van der Waals surface area contributed by atoms with Crippen molar-refractivity contribution in [2.45, 2.75) is 46.2 Å². The minimum atomic E-state index is -0.348. The molecule has 0 aliphatic rings. The molecule has 0 radical (unpaired) electrons. The molecule has 7 heteroatoms. The standard InChI is InChI=1S/C17H27ClN4O2/c1-6-19-11(2)10-20-15(23)13-9-12(7-8-14(13)18)21-16(24)22-17(3,4)5/h7-9,11,19H,6,10H2,1-5H3,(H,20,23)(H2,21,22,24)/t11-/m1/s1. The van der Waals surface area contributed by atoms with Crippen molar-refractivity contribution in [1.82, 2.24) is 16.0 Å². The Morgan fingerprint density at radius 2 is 1.92 bits per heavy atom. The van der Waals surface area contributed by atoms with Gasteiger partial charge in [-0.3, -0.25) is 4.79 Å². The molecular weight excluding hydrogens is 328 g/mol. The molecule has 4 N–H and O–H groups in total. The number of carbonyl (C=O) groups excluding carboxylic acids is 2. The lowest BCUT2D eigenvalue weighted by Gasteiger charge is -2.21. The summed E-state index contributed by atoms with van der Waals surface area (Å²) >= 11 is 6.11. The minimum absolute atomic E-state index is 0.164. The normalized spacial score (nSPS) is 12.4. The first-order chi connectivity index (χ1) is 11.1. The number of carbonyl (C=O) groups is 2. The van der Waals surface area contributed by atoms with Gasteiger partial charge in [-0.05, 0) is 52.4 Å². The van der Waals surface area contributed by atoms with Crippen LogP contribution < -0.4 is 21.3 Å². The lowest BCUT2D eigenvalue weighted by molar-refractivity contribution is 0.0950. The summed E-state index contributed by atoms with van der Waals surface area (Å²) < 4.78 is 0. The van der Waals surface area contributed by atoms with Gasteiger partial charge in [0.2, 0.25) is 0 Å². The maximum Gasteiger partial charge on any atom is 0.319 e. The number of nitrogens with one attached hydrogen (secondary N) is 4. The van der Waals surface area contributed by atoms with Crippen molar-refractivity contribution in [3.63, 3.8) is 0 Å². The highest BCUT2D eigenvalue weighted by Gasteiger charge is 2.16. The number of hydrogen-bond donors (Lipinski definition) is 4. The molecule has 0 aromatic heterocycles. The van der Waals surface area contributed by atoms with E-state index in [1.807, 2.05) is 34.6 Å². The van der Waals surface area contributed by atoms with Gasteiger partial charge in [-0.2, -0.15) is 0 Å². The van der Waals surface area contributed by atoms with Crippen molar-refractivity contribution in [3.8, 4) is 0 Å². The molecule has 0 unspecified atom stereocenters. The van der Waals surface area contributed by atoms with E-state index in [0.717, 1.165) is 6.54 Å². The quantitative estimate of drug-likeness (QED) is 0.633. The van der Waals surface area contributed by atoms with E-state index in [-0.39, 0.29) is 23.5 Å². The number of rotatable bonds is 6. The van der Waals surface area contributed by atoms with Crippen molar-refractivity contribution in [2.24, 2.45) is 0 Å². The van der Waals surface area contributed by atoms with Crippen molar-refractivity contribution in [2.75, 3.05) is 18.4 Å². The average Bonchev–Trinajstić information content (AvgIpc) is 2.45. The predicted octanol–water partition coefficient (Wildman–Crippen LogP) is 2.99. The Morgan fingerprint density at radius 1 is 1.25 bits per heavy atom. The molecule has 0 heterocycles. The molecule has 0 saturated heterocycles. The summed E-state index contributed by atoms with van der Waals surface area (Å²) in [4.78, 5) is 24.2. The number of likely N-dealkylation sites (N-methyl/N-ethyl adjacent to an activating group) is 1. The van der Waals surface area contributed by atoms with Crippen LogP contribution in [-0.2, 0) is 0 Å². The number of hydrogen-bond acceptors (Lipinski definition) is 3. The van der Waals surface area contributed by atoms with Gasteiger partial charge in [0.05, 0.1) is 10.6 Å². The monoisotopic (exact) mass is 354 g/mol. The topological polar surface area (TPSA) is 82.3 Å². The molecule has 24 heavy (non-hydrogen) atoms. The highest BCUT2D eigenvalue weighted by molar-refractivity contribution is 6.34. The molecule has 1 aromatic rings. The van der Waals surface area contributed by atoms with E-state index in [1.165, 1.54) is 0 Å². The van der Waals surface area contributed by atoms with Crippen LogP contribution in [-0.4, -0.2) is 36.6 Å². The van der Waals surface area contributed by atoms with Crippen LogP contribution in [0, 0.1) is 0 Å². The highest BCUT2D eigenvalue weighted by atomic mass is 35.5. The Hall–Kier alpha value is -1.79. The third-order valence-corrected chi connectivity index (χ3v) is 3.41. The molecular formula is C17H27ClN4O2. The molecule has 0 aliphatic carbocycles. The van der Waals surface area contributed by atoms with Crippen molar-refractivity contribution < 1.29 is 9.59 Å². The summed E-state index contributed by atoms with van der Waals surface area (Å²) in [5.41, 5.74) is 0.485. The number of benzene rings is 1. The van der Waals surface area contributed by atoms with Crippen LogP contribution in [0.25, 0.3) is 0 Å². The molecule has 134 valence electrons. The number of amides is 3. The van der Waals surface area contributed by atoms with E-state index < -0.39 is 0 Å². The van der Waals surface area contributed by atoms with Gasteiger partial charge >= 0.3 is 6.03 Å². The van der Waals surface area contributed by atoms with E-state index in [4.69, 9.17) is 11.6 Å². The molecule has 0 bridgehead atoms. The Morgan fingerprint density at radius 3 is 2.50 bits per heavy atom. The lowest BCUT2D eigenvalue weighted by atomic mass is 10.1. The van der Waals surface area contributed by atoms with E-state index in [0.29, 0.717) is 22.8 Å². The first-order valence-electron chi connectivity index (χ1n) is 8.02. The van der Waals surface area contributed by atoms with Crippen LogP contribution in [0.3, 0.4) is 0 Å². The number of anilines is 1. The molecule has 0 aliphatic heterocycles. The van der Waals surface area contributed by atoms with Crippen molar-refractivity contribution >= 4 is 29.2 Å². The van der Waals surface area contributed by atoms with Gasteiger partial charge in [0, 0.05) is 23.8 Å². The zero-order valence-corrected chi connectivity index (χ0v) is 15.7. The zero-order chi connectivity index (χ0) is 18.3. The van der Waals surface area contributed by atoms with Gasteiger partial charge < -0.3 is 21.3 Å². The maximum absolute atomic E-state index is 12.3. The number of urea groups is 1. The molecule has 1 atom stereocenters. The molecule has 3 amide bonds. The van der Waals surface area contributed by atoms with E-state index in [1.54, 1.807) is 18.2 Å². The molecule has 1 rings (SSSR count). The second kappa shape index (κ2) is 8.89. The zero-order valence-electron chi connectivity index (χ0n) is 14.9. The van der Waals surface area contributed by atoms with Crippen LogP contribution >= 0.6 is 11.6 Å². The van der Waals surface area contributed by atoms with Gasteiger partial charge in [-0.15, -0.1) is 0 Å². The Balaban J connectivity index is 2.75. The van der Waals surface area contributed by atoms with Gasteiger partial charge in [0.15, 0.2) is 0 Å². The van der Waals surface area contributed by atoms with E-state index >= 15 is 0 Å². The maximum atomic E-state index is 12.3. The fourth-order valence-electron chi connectivity index (χ4n) is 2.04. The van der Waals surface area contributed by atoms with Crippen LogP contribution in [0.15, 0.2) is 18.2 Å². The van der Waals surface area contributed by atoms with Crippen LogP contribution in [0.1, 0.15) is 45.0 Å². The first-order valence-corrected chi connectivity index (χ1v) is 8.40. The smallest absolute Gasteiger partial charge is 0.319 e. The van der Waals surface area contributed by atoms with E-state index in [2.05, 4.69) is 21.3 Å². The Kier molecular flexibility index (Phi) is 7.51. The summed E-state index contributed by atoms with van der Waals surface area (Å²) in [5.74, 6) is -0.273. The summed E-state index contributed by atoms with van der Waals surface area (Å²) in [6.07, 6.45) is 0. The second-order valence-electron chi connectivity index (χ2n) is 6.69. The van der Waals surface area contributed by atoms with Gasteiger partial charge in [-0.1, -0.05) is 18.5 Å². The van der Waals surface area contributed by atoms with Gasteiger partial charge in [0.1, 0.15) is 0 Å². The van der Waals surface area contributed by atoms with Gasteiger partial charge in [-0.25, -0.2) is 4.79 Å².